The van der Waals surface area contributed by atoms with Crippen molar-refractivity contribution in [3.8, 4) is 11.1 Å². The van der Waals surface area contributed by atoms with Crippen LogP contribution in [0.25, 0.3) is 11.1 Å². The largest absolute Gasteiger partial charge is 0.494 e. The third kappa shape index (κ3) is 7.58. The van der Waals surface area contributed by atoms with Crippen molar-refractivity contribution in [2.45, 2.75) is 148 Å². The Balaban J connectivity index is 1.00. The van der Waals surface area contributed by atoms with Gasteiger partial charge in [0, 0.05) is 39.5 Å². The molecule has 0 bridgehead atoms. The third-order valence-corrected chi connectivity index (χ3v) is 16.7. The van der Waals surface area contributed by atoms with Gasteiger partial charge in [-0.25, -0.2) is 0 Å². The Hall–Kier alpha value is -5.11. The van der Waals surface area contributed by atoms with Crippen LogP contribution in [0.4, 0.5) is 34.1 Å². The van der Waals surface area contributed by atoms with Crippen molar-refractivity contribution in [1.29, 1.82) is 0 Å². The normalized spacial score (nSPS) is 20.2. The van der Waals surface area contributed by atoms with Gasteiger partial charge in [0.05, 0.1) is 22.4 Å². The highest BCUT2D eigenvalue weighted by Crippen LogP contribution is 2.53. The minimum atomic E-state index is -0.418. The fourth-order valence-corrected chi connectivity index (χ4v) is 11.2. The molecule has 3 aliphatic carbocycles. The summed E-state index contributed by atoms with van der Waals surface area (Å²) in [5.74, 6) is 0. The Morgan fingerprint density at radius 1 is 0.343 bits per heavy atom. The van der Waals surface area contributed by atoms with Crippen LogP contribution in [0.15, 0.2) is 121 Å². The number of fused-ring (bicyclic) bond motifs is 5. The summed E-state index contributed by atoms with van der Waals surface area (Å²) in [7, 11) is -0.837. The zero-order valence-corrected chi connectivity index (χ0v) is 41.4. The predicted molar refractivity (Wildman–Crippen MR) is 278 cm³/mol. The van der Waals surface area contributed by atoms with E-state index in [0.29, 0.717) is 0 Å². The van der Waals surface area contributed by atoms with E-state index in [9.17, 15) is 0 Å². The van der Waals surface area contributed by atoms with E-state index in [-0.39, 0.29) is 5.41 Å². The Labute approximate surface area is 400 Å². The van der Waals surface area contributed by atoms with Crippen LogP contribution in [0.5, 0.6) is 0 Å². The molecule has 8 heteroatoms. The summed E-state index contributed by atoms with van der Waals surface area (Å²) in [5, 5.41) is 0. The lowest BCUT2D eigenvalue weighted by Gasteiger charge is -2.32. The molecule has 0 N–H and O–H groups in total. The molecule has 2 saturated heterocycles. The molecule has 6 aromatic rings. The molecule has 2 fully saturated rings. The SMILES string of the molecule is CC1(C)c2ccc(N(c3ccc(B4OC(C)(C)C(C)(C)O4)cc3)c3ccc4c(c3)CCCC4)cc2-c2cc(N(c3ccc(B4OC(C)(C)C(C)(C)O4)cc3)c3ccc4c(c3)CCCC4)ccc21. The molecule has 6 nitrogen and oxygen atoms in total. The van der Waals surface area contributed by atoms with Gasteiger partial charge in [0.1, 0.15) is 0 Å². The number of rotatable bonds is 8. The molecule has 6 aromatic carbocycles. The predicted octanol–water partition coefficient (Wildman–Crippen LogP) is 13.3. The average molecular weight is 889 g/mol. The number of hydrogen-bond acceptors (Lipinski definition) is 6. The van der Waals surface area contributed by atoms with E-state index in [1.807, 2.05) is 0 Å². The summed E-state index contributed by atoms with van der Waals surface area (Å²) in [4.78, 5) is 4.89. The highest BCUT2D eigenvalue weighted by Gasteiger charge is 2.53. The second kappa shape index (κ2) is 16.0. The molecule has 67 heavy (non-hydrogen) atoms. The van der Waals surface area contributed by atoms with Crippen molar-refractivity contribution < 1.29 is 18.6 Å². The van der Waals surface area contributed by atoms with Crippen molar-refractivity contribution >= 4 is 59.3 Å². The van der Waals surface area contributed by atoms with Crippen LogP contribution >= 0.6 is 0 Å². The molecule has 0 atom stereocenters. The first-order valence-corrected chi connectivity index (χ1v) is 24.9. The summed E-state index contributed by atoms with van der Waals surface area (Å²) in [6, 6.07) is 46.2. The van der Waals surface area contributed by atoms with Gasteiger partial charge in [-0.05, 0) is 235 Å². The van der Waals surface area contributed by atoms with Gasteiger partial charge in [0.15, 0.2) is 0 Å². The quantitative estimate of drug-likeness (QED) is 0.142. The smallest absolute Gasteiger partial charge is 0.399 e. The number of benzene rings is 6. The maximum absolute atomic E-state index is 6.48. The van der Waals surface area contributed by atoms with Crippen LogP contribution in [-0.2, 0) is 49.7 Å². The van der Waals surface area contributed by atoms with E-state index in [1.54, 1.807) is 0 Å². The van der Waals surface area contributed by atoms with Crippen molar-refractivity contribution in [1.82, 2.24) is 0 Å². The number of nitrogens with zero attached hydrogens (tertiary/aromatic N) is 2. The summed E-state index contributed by atoms with van der Waals surface area (Å²) in [6.07, 6.45) is 9.53. The maximum atomic E-state index is 6.48. The molecule has 0 spiro atoms. The minimum absolute atomic E-state index is 0.177. The highest BCUT2D eigenvalue weighted by molar-refractivity contribution is 6.62. The van der Waals surface area contributed by atoms with E-state index in [4.69, 9.17) is 18.6 Å². The minimum Gasteiger partial charge on any atom is -0.399 e. The summed E-state index contributed by atoms with van der Waals surface area (Å²) < 4.78 is 25.9. The molecule has 0 radical (unpaired) electrons. The molecule has 2 heterocycles. The van der Waals surface area contributed by atoms with Gasteiger partial charge >= 0.3 is 14.2 Å². The van der Waals surface area contributed by atoms with E-state index in [2.05, 4.69) is 200 Å². The van der Waals surface area contributed by atoms with Crippen LogP contribution in [-0.4, -0.2) is 36.6 Å². The van der Waals surface area contributed by atoms with Gasteiger partial charge in [-0.15, -0.1) is 0 Å². The lowest BCUT2D eigenvalue weighted by Crippen LogP contribution is -2.41. The molecular weight excluding hydrogens is 822 g/mol. The second-order valence-electron chi connectivity index (χ2n) is 22.4. The van der Waals surface area contributed by atoms with Gasteiger partial charge in [-0.1, -0.05) is 62.4 Å². The Morgan fingerprint density at radius 2 is 0.642 bits per heavy atom. The standard InChI is InChI=1S/C59H66B2N2O4/c1-55(2)53-33-31-49(62(47-25-19-39-15-11-13-17-41(39)35-47)45-27-21-43(22-28-45)60-64-56(3,4)57(5,6)65-60)37-51(53)52-38-50(32-34-54(52)55)63(48-26-20-40-16-12-14-18-42(40)36-48)46-29-23-44(24-30-46)61-66-58(7,8)59(9,10)67-61/h19-38H,11-18H2,1-10H3. The molecule has 2 aliphatic heterocycles. The van der Waals surface area contributed by atoms with Crippen LogP contribution in [0, 0.1) is 0 Å². The fourth-order valence-electron chi connectivity index (χ4n) is 11.2. The third-order valence-electron chi connectivity index (χ3n) is 16.7. The number of anilines is 6. The van der Waals surface area contributed by atoms with Crippen LogP contribution < -0.4 is 20.7 Å². The molecule has 0 aromatic heterocycles. The van der Waals surface area contributed by atoms with Crippen LogP contribution in [0.1, 0.15) is 128 Å². The molecule has 5 aliphatic rings. The first-order valence-electron chi connectivity index (χ1n) is 24.9. The molecule has 0 saturated carbocycles. The summed E-state index contributed by atoms with van der Waals surface area (Å²) in [6.45, 7) is 21.7. The first-order chi connectivity index (χ1) is 31.9. The van der Waals surface area contributed by atoms with Gasteiger partial charge in [0.25, 0.3) is 0 Å². The zero-order chi connectivity index (χ0) is 46.7. The molecule has 11 rings (SSSR count). The van der Waals surface area contributed by atoms with Crippen LogP contribution in [0.3, 0.4) is 0 Å². The second-order valence-corrected chi connectivity index (χ2v) is 22.4. The molecule has 0 unspecified atom stereocenters. The number of aryl methyl sites for hydroxylation is 4. The highest BCUT2D eigenvalue weighted by atomic mass is 16.7. The average Bonchev–Trinajstić information content (AvgIpc) is 3.78. The molecule has 0 amide bonds. The number of hydrogen-bond donors (Lipinski definition) is 0. The van der Waals surface area contributed by atoms with E-state index >= 15 is 0 Å². The Kier molecular flexibility index (Phi) is 10.6. The van der Waals surface area contributed by atoms with Gasteiger partial charge in [-0.3, -0.25) is 0 Å². The van der Waals surface area contributed by atoms with Crippen molar-refractivity contribution in [2.75, 3.05) is 9.80 Å². The van der Waals surface area contributed by atoms with Crippen molar-refractivity contribution in [3.05, 3.63) is 155 Å². The van der Waals surface area contributed by atoms with E-state index in [1.165, 1.54) is 81.6 Å². The molecule has 342 valence electrons. The lowest BCUT2D eigenvalue weighted by molar-refractivity contribution is 0.00578. The van der Waals surface area contributed by atoms with E-state index in [0.717, 1.165) is 59.4 Å². The first kappa shape index (κ1) is 44.4. The molecular formula is C59H66B2N2O4. The van der Waals surface area contributed by atoms with E-state index < -0.39 is 36.6 Å². The van der Waals surface area contributed by atoms with Crippen molar-refractivity contribution in [3.63, 3.8) is 0 Å². The fraction of sp³-hybridized carbons (Fsp3) is 0.390. The Morgan fingerprint density at radius 3 is 1.00 bits per heavy atom. The van der Waals surface area contributed by atoms with Gasteiger partial charge in [0.2, 0.25) is 0 Å². The summed E-state index contributed by atoms with van der Waals surface area (Å²) in [5.41, 5.74) is 18.2. The van der Waals surface area contributed by atoms with Gasteiger partial charge in [-0.2, -0.15) is 0 Å². The van der Waals surface area contributed by atoms with Crippen LogP contribution in [0.2, 0.25) is 0 Å². The Bertz CT molecular complexity index is 2660. The van der Waals surface area contributed by atoms with Gasteiger partial charge < -0.3 is 28.4 Å². The maximum Gasteiger partial charge on any atom is 0.494 e. The monoisotopic (exact) mass is 889 g/mol. The topological polar surface area (TPSA) is 43.4 Å². The lowest BCUT2D eigenvalue weighted by atomic mass is 9.79. The van der Waals surface area contributed by atoms with Crippen molar-refractivity contribution in [2.24, 2.45) is 0 Å². The zero-order valence-electron chi connectivity index (χ0n) is 41.4. The summed E-state index contributed by atoms with van der Waals surface area (Å²) >= 11 is 0.